The molecule has 2 aliphatic rings. The largest absolute Gasteiger partial charge is 0.497 e. The van der Waals surface area contributed by atoms with Crippen LogP contribution in [0.3, 0.4) is 0 Å². The highest BCUT2D eigenvalue weighted by Gasteiger charge is 2.37. The number of carbonyl (C=O) groups is 1. The first-order valence-electron chi connectivity index (χ1n) is 10.4. The smallest absolute Gasteiger partial charge is 0.283 e. The molecule has 0 radical (unpaired) electrons. The Morgan fingerprint density at radius 2 is 1.97 bits per heavy atom. The Balaban J connectivity index is 1.53. The number of furan rings is 1. The van der Waals surface area contributed by atoms with Gasteiger partial charge in [0.05, 0.1) is 31.7 Å². The molecule has 0 bridgehead atoms. The van der Waals surface area contributed by atoms with Crippen molar-refractivity contribution < 1.29 is 18.7 Å². The van der Waals surface area contributed by atoms with Gasteiger partial charge in [-0.3, -0.25) is 10.2 Å². The fourth-order valence-electron chi connectivity index (χ4n) is 3.92. The van der Waals surface area contributed by atoms with Gasteiger partial charge in [-0.15, -0.1) is 0 Å². The van der Waals surface area contributed by atoms with E-state index >= 15 is 0 Å². The molecule has 5 rings (SSSR count). The van der Waals surface area contributed by atoms with E-state index in [-0.39, 0.29) is 11.4 Å². The molecule has 0 spiro atoms. The number of hydrazone groups is 1. The van der Waals surface area contributed by atoms with Crippen molar-refractivity contribution in [1.29, 1.82) is 5.41 Å². The summed E-state index contributed by atoms with van der Waals surface area (Å²) < 4.78 is 18.3. The van der Waals surface area contributed by atoms with E-state index in [0.29, 0.717) is 27.5 Å². The van der Waals surface area contributed by atoms with E-state index in [1.807, 2.05) is 42.7 Å². The van der Waals surface area contributed by atoms with Crippen LogP contribution < -0.4 is 9.47 Å². The number of nitrogens with zero attached hydrogens (tertiary/aromatic N) is 4. The summed E-state index contributed by atoms with van der Waals surface area (Å²) in [6.07, 6.45) is 3.23. The van der Waals surface area contributed by atoms with E-state index in [0.717, 1.165) is 22.6 Å². The van der Waals surface area contributed by atoms with Gasteiger partial charge in [0.1, 0.15) is 11.5 Å². The third-order valence-corrected chi connectivity index (χ3v) is 6.51. The van der Waals surface area contributed by atoms with Crippen LogP contribution in [0.25, 0.3) is 11.8 Å². The fourth-order valence-corrected chi connectivity index (χ4v) is 4.78. The highest BCUT2D eigenvalue weighted by molar-refractivity contribution is 8.27. The van der Waals surface area contributed by atoms with Gasteiger partial charge in [-0.2, -0.15) is 15.1 Å². The Morgan fingerprint density at radius 1 is 1.15 bits per heavy atom. The number of hydrogen-bond acceptors (Lipinski definition) is 7. The summed E-state index contributed by atoms with van der Waals surface area (Å²) in [5.74, 6) is 1.40. The van der Waals surface area contributed by atoms with Crippen molar-refractivity contribution in [2.24, 2.45) is 10.1 Å². The number of benzene rings is 1. The minimum atomic E-state index is -0.480. The second-order valence-corrected chi connectivity index (χ2v) is 8.56. The van der Waals surface area contributed by atoms with Crippen LogP contribution in [0.2, 0.25) is 0 Å². The Morgan fingerprint density at radius 3 is 2.68 bits per heavy atom. The molecule has 0 unspecified atom stereocenters. The van der Waals surface area contributed by atoms with E-state index in [4.69, 9.17) is 19.3 Å². The second kappa shape index (κ2) is 8.38. The van der Waals surface area contributed by atoms with Crippen LogP contribution in [0.15, 0.2) is 62.7 Å². The molecule has 2 aromatic heterocycles. The number of fused-ring (bicyclic) bond motifs is 1. The Kier molecular flexibility index (Phi) is 5.37. The lowest BCUT2D eigenvalue weighted by Gasteiger charge is -2.20. The van der Waals surface area contributed by atoms with Gasteiger partial charge in [-0.1, -0.05) is 0 Å². The normalized spacial score (nSPS) is 16.6. The van der Waals surface area contributed by atoms with Crippen molar-refractivity contribution in [2.45, 2.75) is 13.8 Å². The summed E-state index contributed by atoms with van der Waals surface area (Å²) in [5, 5.41) is 15.3. The average Bonchev–Trinajstić information content (AvgIpc) is 3.56. The molecule has 34 heavy (non-hydrogen) atoms. The minimum Gasteiger partial charge on any atom is -0.497 e. The number of ether oxygens (including phenoxy) is 2. The second-order valence-electron chi connectivity index (χ2n) is 7.60. The Labute approximate surface area is 199 Å². The zero-order valence-corrected chi connectivity index (χ0v) is 19.8. The SMILES string of the molecule is COc1ccc(-n2c(C)cc(/C=C3/C(=N)N4N=C(c5ccco5)SC4=NC3=O)c2C)c(OC)c1. The number of amidine groups is 2. The number of rotatable bonds is 5. The van der Waals surface area contributed by atoms with Gasteiger partial charge in [0.15, 0.2) is 16.6 Å². The number of nitrogens with one attached hydrogen (secondary N) is 1. The van der Waals surface area contributed by atoms with Gasteiger partial charge in [0.25, 0.3) is 5.91 Å². The summed E-state index contributed by atoms with van der Waals surface area (Å²) in [4.78, 5) is 17.0. The first kappa shape index (κ1) is 21.8. The molecule has 0 saturated carbocycles. The van der Waals surface area contributed by atoms with Crippen LogP contribution in [0.1, 0.15) is 22.7 Å². The molecular formula is C24H21N5O4S. The molecule has 0 fully saturated rings. The molecule has 1 aromatic carbocycles. The van der Waals surface area contributed by atoms with Crippen molar-refractivity contribution in [3.8, 4) is 17.2 Å². The number of hydrogen-bond donors (Lipinski definition) is 1. The molecule has 1 amide bonds. The van der Waals surface area contributed by atoms with Gasteiger partial charge in [-0.25, -0.2) is 0 Å². The number of methoxy groups -OCH3 is 2. The highest BCUT2D eigenvalue weighted by atomic mass is 32.2. The maximum atomic E-state index is 12.8. The third kappa shape index (κ3) is 3.52. The van der Waals surface area contributed by atoms with Crippen LogP contribution in [0, 0.1) is 19.3 Å². The molecule has 3 aromatic rings. The van der Waals surface area contributed by atoms with Crippen LogP contribution in [-0.2, 0) is 4.79 Å². The number of thioether (sulfide) groups is 1. The lowest BCUT2D eigenvalue weighted by molar-refractivity contribution is -0.114. The molecule has 172 valence electrons. The van der Waals surface area contributed by atoms with Crippen molar-refractivity contribution in [3.05, 3.63) is 70.9 Å². The molecule has 10 heteroatoms. The van der Waals surface area contributed by atoms with Gasteiger partial charge < -0.3 is 18.5 Å². The lowest BCUT2D eigenvalue weighted by atomic mass is 10.1. The van der Waals surface area contributed by atoms with Gasteiger partial charge in [-0.05, 0) is 67.6 Å². The van der Waals surface area contributed by atoms with Crippen molar-refractivity contribution in [1.82, 2.24) is 9.58 Å². The zero-order chi connectivity index (χ0) is 24.0. The molecule has 0 atom stereocenters. The Bertz CT molecular complexity index is 1420. The van der Waals surface area contributed by atoms with Gasteiger partial charge in [0.2, 0.25) is 5.17 Å². The quantitative estimate of drug-likeness (QED) is 0.550. The lowest BCUT2D eigenvalue weighted by Crippen LogP contribution is -2.35. The van der Waals surface area contributed by atoms with Crippen LogP contribution in [0.5, 0.6) is 11.5 Å². The molecule has 1 N–H and O–H groups in total. The number of aryl methyl sites for hydroxylation is 1. The van der Waals surface area contributed by atoms with E-state index < -0.39 is 5.91 Å². The topological polar surface area (TPSA) is 105 Å². The van der Waals surface area contributed by atoms with Crippen molar-refractivity contribution in [3.63, 3.8) is 0 Å². The zero-order valence-electron chi connectivity index (χ0n) is 18.9. The van der Waals surface area contributed by atoms with Crippen LogP contribution in [0.4, 0.5) is 0 Å². The molecular weight excluding hydrogens is 454 g/mol. The fraction of sp³-hybridized carbons (Fsp3) is 0.167. The van der Waals surface area contributed by atoms with E-state index in [2.05, 4.69) is 10.1 Å². The molecule has 0 aliphatic carbocycles. The third-order valence-electron chi connectivity index (χ3n) is 5.58. The van der Waals surface area contributed by atoms with Crippen LogP contribution >= 0.6 is 11.8 Å². The highest BCUT2D eigenvalue weighted by Crippen LogP contribution is 2.34. The maximum Gasteiger partial charge on any atom is 0.283 e. The monoisotopic (exact) mass is 475 g/mol. The van der Waals surface area contributed by atoms with E-state index in [1.165, 1.54) is 16.8 Å². The van der Waals surface area contributed by atoms with Crippen LogP contribution in [-0.4, -0.2) is 45.7 Å². The number of aromatic nitrogens is 1. The van der Waals surface area contributed by atoms with Crippen molar-refractivity contribution >= 4 is 39.8 Å². The number of carbonyl (C=O) groups excluding carboxylic acids is 1. The van der Waals surface area contributed by atoms with E-state index in [9.17, 15) is 4.79 Å². The maximum absolute atomic E-state index is 12.8. The predicted molar refractivity (Wildman–Crippen MR) is 131 cm³/mol. The minimum absolute atomic E-state index is 0.0316. The van der Waals surface area contributed by atoms with Crippen molar-refractivity contribution in [2.75, 3.05) is 14.2 Å². The summed E-state index contributed by atoms with van der Waals surface area (Å²) in [7, 11) is 3.22. The molecule has 4 heterocycles. The summed E-state index contributed by atoms with van der Waals surface area (Å²) in [5.41, 5.74) is 3.64. The van der Waals surface area contributed by atoms with Gasteiger partial charge in [0, 0.05) is 17.5 Å². The summed E-state index contributed by atoms with van der Waals surface area (Å²) in [6, 6.07) is 11.1. The standard InChI is InChI=1S/C24H21N5O4S/c1-13-10-15(14(2)28(13)18-8-7-16(31-3)12-20(18)32-4)11-17-21(25)29-24(26-22(17)30)34-23(27-29)19-6-5-9-33-19/h5-12,25H,1-4H3/b17-11-,25-21?. The molecule has 9 nitrogen and oxygen atoms in total. The average molecular weight is 476 g/mol. The molecule has 0 saturated heterocycles. The number of amides is 1. The van der Waals surface area contributed by atoms with Gasteiger partial charge >= 0.3 is 0 Å². The molecule has 2 aliphatic heterocycles. The first-order valence-corrected chi connectivity index (χ1v) is 11.2. The summed E-state index contributed by atoms with van der Waals surface area (Å²) >= 11 is 1.20. The Hall–Kier alpha value is -4.05. The van der Waals surface area contributed by atoms with E-state index in [1.54, 1.807) is 38.7 Å². The summed E-state index contributed by atoms with van der Waals surface area (Å²) in [6.45, 7) is 3.92. The predicted octanol–water partition coefficient (Wildman–Crippen LogP) is 4.37. The number of aliphatic imine (C=N–C) groups is 1. The first-order chi connectivity index (χ1) is 16.4.